The number of para-hydroxylation sites is 2. The number of carbonyl (C=O) groups is 1. The summed E-state index contributed by atoms with van der Waals surface area (Å²) in [5.41, 5.74) is 0.899. The van der Waals surface area contributed by atoms with Gasteiger partial charge in [0.1, 0.15) is 5.75 Å². The highest BCUT2D eigenvalue weighted by molar-refractivity contribution is 7.92. The summed E-state index contributed by atoms with van der Waals surface area (Å²) in [6, 6.07) is 13.0. The van der Waals surface area contributed by atoms with E-state index in [1.54, 1.807) is 36.4 Å². The van der Waals surface area contributed by atoms with E-state index in [1.807, 2.05) is 4.90 Å². The van der Waals surface area contributed by atoms with Crippen LogP contribution in [0.25, 0.3) is 0 Å². The van der Waals surface area contributed by atoms with E-state index in [0.717, 1.165) is 25.4 Å². The topological polar surface area (TPSA) is 75.7 Å². The molecule has 1 aliphatic heterocycles. The lowest BCUT2D eigenvalue weighted by atomic mass is 9.75. The zero-order valence-electron chi connectivity index (χ0n) is 17.2. The highest BCUT2D eigenvalue weighted by atomic mass is 32.2. The van der Waals surface area contributed by atoms with Crippen molar-refractivity contribution in [3.8, 4) is 5.75 Å². The fourth-order valence-corrected chi connectivity index (χ4v) is 5.75. The molecule has 0 bridgehead atoms. The number of fused-ring (bicyclic) bond motifs is 1. The molecule has 1 heterocycles. The van der Waals surface area contributed by atoms with Crippen molar-refractivity contribution in [1.29, 1.82) is 0 Å². The Hall–Kier alpha value is -2.54. The van der Waals surface area contributed by atoms with Crippen molar-refractivity contribution in [1.82, 2.24) is 4.90 Å². The zero-order valence-corrected chi connectivity index (χ0v) is 18.0. The average molecular weight is 429 g/mol. The number of nitrogens with zero attached hydrogens (tertiary/aromatic N) is 1. The molecular weight excluding hydrogens is 400 g/mol. The highest BCUT2D eigenvalue weighted by Crippen LogP contribution is 2.36. The van der Waals surface area contributed by atoms with Crippen LogP contribution in [0.4, 0.5) is 5.69 Å². The standard InChI is InChI=1S/C23H28N2O4S/c1-29-22-9-5-4-8-21(22)24-30(27,28)20-12-10-18(11-13-20)23(26)25-15-14-17-6-2-3-7-19(17)16-25/h4-5,8-13,17,19,24H,2-3,6-7,14-16H2,1H3. The van der Waals surface area contributed by atoms with E-state index in [9.17, 15) is 13.2 Å². The first kappa shape index (κ1) is 20.7. The number of carbonyl (C=O) groups excluding carboxylic acids is 1. The van der Waals surface area contributed by atoms with Crippen molar-refractivity contribution in [3.63, 3.8) is 0 Å². The number of anilines is 1. The average Bonchev–Trinajstić information content (AvgIpc) is 2.78. The van der Waals surface area contributed by atoms with Crippen LogP contribution in [0.2, 0.25) is 0 Å². The van der Waals surface area contributed by atoms with Crippen LogP contribution in [0.5, 0.6) is 5.75 Å². The minimum atomic E-state index is -3.78. The maximum Gasteiger partial charge on any atom is 0.262 e. The van der Waals surface area contributed by atoms with E-state index >= 15 is 0 Å². The number of sulfonamides is 1. The van der Waals surface area contributed by atoms with E-state index in [-0.39, 0.29) is 10.8 Å². The van der Waals surface area contributed by atoms with Crippen molar-refractivity contribution in [3.05, 3.63) is 54.1 Å². The number of amides is 1. The summed E-state index contributed by atoms with van der Waals surface area (Å²) in [6.45, 7) is 1.61. The monoisotopic (exact) mass is 428 g/mol. The third-order valence-electron chi connectivity index (χ3n) is 6.34. The van der Waals surface area contributed by atoms with Crippen LogP contribution < -0.4 is 9.46 Å². The second-order valence-corrected chi connectivity index (χ2v) is 9.86. The lowest BCUT2D eigenvalue weighted by Gasteiger charge is -2.41. The Morgan fingerprint density at radius 1 is 1.00 bits per heavy atom. The van der Waals surface area contributed by atoms with E-state index < -0.39 is 10.0 Å². The van der Waals surface area contributed by atoms with Gasteiger partial charge in [-0.1, -0.05) is 31.4 Å². The van der Waals surface area contributed by atoms with Gasteiger partial charge in [-0.05, 0) is 61.1 Å². The molecule has 1 saturated carbocycles. The van der Waals surface area contributed by atoms with Gasteiger partial charge in [0, 0.05) is 18.7 Å². The number of piperidine rings is 1. The van der Waals surface area contributed by atoms with Crippen LogP contribution in [-0.4, -0.2) is 39.4 Å². The first-order valence-corrected chi connectivity index (χ1v) is 12.0. The predicted molar refractivity (Wildman–Crippen MR) is 116 cm³/mol. The minimum Gasteiger partial charge on any atom is -0.495 e. The number of benzene rings is 2. The lowest BCUT2D eigenvalue weighted by molar-refractivity contribution is 0.0521. The molecule has 2 aliphatic rings. The third kappa shape index (κ3) is 4.31. The van der Waals surface area contributed by atoms with E-state index in [2.05, 4.69) is 4.72 Å². The molecule has 1 N–H and O–H groups in total. The number of methoxy groups -OCH3 is 1. The molecule has 160 valence electrons. The smallest absolute Gasteiger partial charge is 0.262 e. The number of hydrogen-bond donors (Lipinski definition) is 1. The minimum absolute atomic E-state index is 0.0133. The Morgan fingerprint density at radius 2 is 1.70 bits per heavy atom. The maximum atomic E-state index is 13.0. The quantitative estimate of drug-likeness (QED) is 0.776. The molecule has 2 atom stereocenters. The van der Waals surface area contributed by atoms with Crippen LogP contribution >= 0.6 is 0 Å². The Labute approximate surface area is 178 Å². The van der Waals surface area contributed by atoms with Crippen LogP contribution in [0, 0.1) is 11.8 Å². The molecule has 30 heavy (non-hydrogen) atoms. The number of nitrogens with one attached hydrogen (secondary N) is 1. The predicted octanol–water partition coefficient (Wildman–Crippen LogP) is 4.15. The van der Waals surface area contributed by atoms with Gasteiger partial charge in [0.15, 0.2) is 0 Å². The van der Waals surface area contributed by atoms with E-state index in [0.29, 0.717) is 22.9 Å². The molecule has 2 unspecified atom stereocenters. The Morgan fingerprint density at radius 3 is 2.43 bits per heavy atom. The van der Waals surface area contributed by atoms with Gasteiger partial charge in [0.25, 0.3) is 15.9 Å². The van der Waals surface area contributed by atoms with Gasteiger partial charge in [-0.3, -0.25) is 9.52 Å². The Kier molecular flexibility index (Phi) is 5.99. The van der Waals surface area contributed by atoms with Crippen LogP contribution in [0.15, 0.2) is 53.4 Å². The number of rotatable bonds is 5. The molecule has 2 aromatic rings. The van der Waals surface area contributed by atoms with Crippen LogP contribution in [-0.2, 0) is 10.0 Å². The van der Waals surface area contributed by atoms with Gasteiger partial charge in [0.2, 0.25) is 0 Å². The molecule has 2 fully saturated rings. The highest BCUT2D eigenvalue weighted by Gasteiger charge is 2.33. The Bertz CT molecular complexity index is 1000. The summed E-state index contributed by atoms with van der Waals surface area (Å²) >= 11 is 0. The van der Waals surface area contributed by atoms with Gasteiger partial charge in [-0.15, -0.1) is 0 Å². The second-order valence-electron chi connectivity index (χ2n) is 8.17. The molecule has 2 aromatic carbocycles. The fourth-order valence-electron chi connectivity index (χ4n) is 4.68. The molecule has 7 heteroatoms. The van der Waals surface area contributed by atoms with Crippen molar-refractivity contribution >= 4 is 21.6 Å². The summed E-state index contributed by atoms with van der Waals surface area (Å²) in [5.74, 6) is 1.80. The molecule has 0 radical (unpaired) electrons. The molecular formula is C23H28N2O4S. The van der Waals surface area contributed by atoms with Crippen molar-refractivity contribution in [2.45, 2.75) is 37.0 Å². The first-order valence-electron chi connectivity index (χ1n) is 10.5. The van der Waals surface area contributed by atoms with Crippen molar-refractivity contribution < 1.29 is 17.9 Å². The van der Waals surface area contributed by atoms with Crippen LogP contribution in [0.3, 0.4) is 0 Å². The first-order chi connectivity index (χ1) is 14.5. The molecule has 0 aromatic heterocycles. The molecule has 4 rings (SSSR count). The van der Waals surface area contributed by atoms with Crippen molar-refractivity contribution in [2.75, 3.05) is 24.9 Å². The summed E-state index contributed by atoms with van der Waals surface area (Å²) < 4.78 is 33.3. The molecule has 1 saturated heterocycles. The molecule has 0 spiro atoms. The third-order valence-corrected chi connectivity index (χ3v) is 7.72. The summed E-state index contributed by atoms with van der Waals surface area (Å²) in [6.07, 6.45) is 6.15. The fraction of sp³-hybridized carbons (Fsp3) is 0.435. The van der Waals surface area contributed by atoms with E-state index in [1.165, 1.54) is 44.9 Å². The molecule has 6 nitrogen and oxygen atoms in total. The van der Waals surface area contributed by atoms with Gasteiger partial charge in [-0.2, -0.15) is 0 Å². The summed E-state index contributed by atoms with van der Waals surface area (Å²) in [5, 5.41) is 0. The summed E-state index contributed by atoms with van der Waals surface area (Å²) in [7, 11) is -2.29. The SMILES string of the molecule is COc1ccccc1NS(=O)(=O)c1ccc(C(=O)N2CCC3CCCCC3C2)cc1. The van der Waals surface area contributed by atoms with Crippen LogP contribution in [0.1, 0.15) is 42.5 Å². The van der Waals surface area contributed by atoms with Gasteiger partial charge < -0.3 is 9.64 Å². The van der Waals surface area contributed by atoms with Crippen molar-refractivity contribution in [2.24, 2.45) is 11.8 Å². The number of ether oxygens (including phenoxy) is 1. The van der Waals surface area contributed by atoms with Gasteiger partial charge in [0.05, 0.1) is 17.7 Å². The second kappa shape index (κ2) is 8.68. The molecule has 1 amide bonds. The lowest BCUT2D eigenvalue weighted by Crippen LogP contribution is -2.44. The number of likely N-dealkylation sites (tertiary alicyclic amines) is 1. The summed E-state index contributed by atoms with van der Waals surface area (Å²) in [4.78, 5) is 15.0. The Balaban J connectivity index is 1.46. The maximum absolute atomic E-state index is 13.0. The van der Waals surface area contributed by atoms with Gasteiger partial charge >= 0.3 is 0 Å². The molecule has 1 aliphatic carbocycles. The largest absolute Gasteiger partial charge is 0.495 e. The van der Waals surface area contributed by atoms with Gasteiger partial charge in [-0.25, -0.2) is 8.42 Å². The van der Waals surface area contributed by atoms with E-state index in [4.69, 9.17) is 4.74 Å². The zero-order chi connectivity index (χ0) is 21.1. The normalized spacial score (nSPS) is 21.6. The number of hydrogen-bond acceptors (Lipinski definition) is 4.